The maximum Gasteiger partial charge on any atom is 0.133 e. The molecule has 0 unspecified atom stereocenters. The van der Waals surface area contributed by atoms with Gasteiger partial charge in [-0.25, -0.2) is 4.39 Å². The van der Waals surface area contributed by atoms with Crippen LogP contribution in [0.25, 0.3) is 5.03 Å². The van der Waals surface area contributed by atoms with Gasteiger partial charge in [0.05, 0.1) is 11.1 Å². The van der Waals surface area contributed by atoms with Gasteiger partial charge in [-0.1, -0.05) is 33.6 Å². The monoisotopic (exact) mass is 273 g/mol. The van der Waals surface area contributed by atoms with Gasteiger partial charge in [-0.15, -0.1) is 0 Å². The molecule has 14 heavy (non-hydrogen) atoms. The van der Waals surface area contributed by atoms with Crippen molar-refractivity contribution in [1.82, 2.24) is 0 Å². The molecule has 1 aromatic rings. The number of benzene rings is 1. The minimum Gasteiger partial charge on any atom is -0.206 e. The lowest BCUT2D eigenvalue weighted by atomic mass is 10.1. The lowest BCUT2D eigenvalue weighted by Crippen LogP contribution is -1.89. The van der Waals surface area contributed by atoms with Gasteiger partial charge in [0.25, 0.3) is 0 Å². The van der Waals surface area contributed by atoms with E-state index in [0.717, 1.165) is 0 Å². The number of allylic oxidation sites excluding steroid dienone is 1. The number of nitriles is 1. The highest BCUT2D eigenvalue weighted by Gasteiger charge is 2.12. The molecule has 0 amide bonds. The van der Waals surface area contributed by atoms with Gasteiger partial charge in [0.15, 0.2) is 0 Å². The van der Waals surface area contributed by atoms with Crippen molar-refractivity contribution in [2.24, 2.45) is 0 Å². The van der Waals surface area contributed by atoms with E-state index >= 15 is 0 Å². The van der Waals surface area contributed by atoms with Crippen molar-refractivity contribution >= 4 is 32.6 Å². The summed E-state index contributed by atoms with van der Waals surface area (Å²) in [6.45, 7) is 1.54. The minimum atomic E-state index is -0.445. The van der Waals surface area contributed by atoms with Gasteiger partial charge < -0.3 is 0 Å². The molecule has 0 atom stereocenters. The lowest BCUT2D eigenvalue weighted by Gasteiger charge is -2.04. The maximum absolute atomic E-state index is 13.3. The van der Waals surface area contributed by atoms with E-state index in [1.165, 1.54) is 6.07 Å². The summed E-state index contributed by atoms with van der Waals surface area (Å²) in [5, 5.41) is 8.75. The minimum absolute atomic E-state index is 0.137. The predicted octanol–water partition coefficient (Wildman–Crippen LogP) is 4.08. The molecule has 0 aliphatic carbocycles. The Balaban J connectivity index is 3.42. The number of nitrogens with zero attached hydrogens (tertiary/aromatic N) is 1. The van der Waals surface area contributed by atoms with Gasteiger partial charge in [-0.3, -0.25) is 0 Å². The Bertz CT molecular complexity index is 414. The Morgan fingerprint density at radius 1 is 1.57 bits per heavy atom. The van der Waals surface area contributed by atoms with Crippen molar-refractivity contribution in [3.8, 4) is 6.07 Å². The van der Waals surface area contributed by atoms with E-state index in [-0.39, 0.29) is 16.2 Å². The Morgan fingerprint density at radius 3 is 2.71 bits per heavy atom. The molecule has 1 nitrogen and oxygen atoms in total. The van der Waals surface area contributed by atoms with Gasteiger partial charge in [-0.2, -0.15) is 5.26 Å². The van der Waals surface area contributed by atoms with Crippen LogP contribution in [0.4, 0.5) is 4.39 Å². The van der Waals surface area contributed by atoms with E-state index in [0.29, 0.717) is 4.47 Å². The van der Waals surface area contributed by atoms with Crippen LogP contribution in [0.2, 0.25) is 0 Å². The summed E-state index contributed by atoms with van der Waals surface area (Å²) in [6, 6.07) is 6.41. The molecular formula is C10H6BrClFN. The first-order valence-electron chi connectivity index (χ1n) is 3.78. The van der Waals surface area contributed by atoms with Crippen LogP contribution in [0.5, 0.6) is 0 Å². The molecular weight excluding hydrogens is 268 g/mol. The van der Waals surface area contributed by atoms with Crippen molar-refractivity contribution in [2.75, 3.05) is 0 Å². The topological polar surface area (TPSA) is 23.8 Å². The van der Waals surface area contributed by atoms with Crippen LogP contribution in [0.3, 0.4) is 0 Å². The second-order valence-corrected chi connectivity index (χ2v) is 3.88. The molecule has 0 radical (unpaired) electrons. The number of rotatable bonds is 1. The molecule has 0 heterocycles. The molecule has 1 rings (SSSR count). The van der Waals surface area contributed by atoms with Crippen molar-refractivity contribution in [3.05, 3.63) is 39.6 Å². The average molecular weight is 275 g/mol. The Hall–Kier alpha value is -0.850. The van der Waals surface area contributed by atoms with E-state index in [1.54, 1.807) is 19.1 Å². The molecule has 0 saturated carbocycles. The first-order chi connectivity index (χ1) is 6.57. The highest BCUT2D eigenvalue weighted by Crippen LogP contribution is 2.31. The fraction of sp³-hybridized carbons (Fsp3) is 0.100. The summed E-state index contributed by atoms with van der Waals surface area (Å²) in [5.41, 5.74) is 0.519. The molecule has 0 saturated heterocycles. The van der Waals surface area contributed by atoms with Crippen LogP contribution in [0.1, 0.15) is 12.5 Å². The van der Waals surface area contributed by atoms with Crippen LogP contribution in [-0.4, -0.2) is 0 Å². The van der Waals surface area contributed by atoms with Gasteiger partial charge in [-0.05, 0) is 19.1 Å². The molecule has 0 aliphatic rings. The summed E-state index contributed by atoms with van der Waals surface area (Å²) in [6.07, 6.45) is 0. The fourth-order valence-electron chi connectivity index (χ4n) is 0.944. The van der Waals surface area contributed by atoms with Gasteiger partial charge in [0.2, 0.25) is 0 Å². The highest BCUT2D eigenvalue weighted by molar-refractivity contribution is 9.10. The molecule has 0 fully saturated rings. The van der Waals surface area contributed by atoms with E-state index < -0.39 is 5.82 Å². The quantitative estimate of drug-likeness (QED) is 0.708. The molecule has 4 heteroatoms. The third kappa shape index (κ3) is 2.14. The van der Waals surface area contributed by atoms with E-state index in [1.807, 2.05) is 6.07 Å². The summed E-state index contributed by atoms with van der Waals surface area (Å²) in [7, 11) is 0. The number of hydrogen-bond donors (Lipinski definition) is 0. The second kappa shape index (κ2) is 4.59. The Kier molecular flexibility index (Phi) is 3.68. The van der Waals surface area contributed by atoms with Crippen molar-refractivity contribution in [2.45, 2.75) is 6.92 Å². The zero-order valence-corrected chi connectivity index (χ0v) is 9.66. The third-order valence-corrected chi connectivity index (χ3v) is 2.81. The van der Waals surface area contributed by atoms with Gasteiger partial charge in [0, 0.05) is 15.6 Å². The summed E-state index contributed by atoms with van der Waals surface area (Å²) in [4.78, 5) is 0. The highest BCUT2D eigenvalue weighted by atomic mass is 79.9. The van der Waals surface area contributed by atoms with E-state index in [9.17, 15) is 4.39 Å². The summed E-state index contributed by atoms with van der Waals surface area (Å²) >= 11 is 9.03. The van der Waals surface area contributed by atoms with Crippen LogP contribution >= 0.6 is 27.5 Å². The third-order valence-electron chi connectivity index (χ3n) is 1.68. The van der Waals surface area contributed by atoms with E-state index in [2.05, 4.69) is 15.9 Å². The van der Waals surface area contributed by atoms with E-state index in [4.69, 9.17) is 16.9 Å². The zero-order valence-electron chi connectivity index (χ0n) is 7.31. The molecule has 1 aromatic carbocycles. The van der Waals surface area contributed by atoms with Gasteiger partial charge in [0.1, 0.15) is 5.82 Å². The van der Waals surface area contributed by atoms with Crippen LogP contribution in [0, 0.1) is 17.1 Å². The second-order valence-electron chi connectivity index (χ2n) is 2.65. The molecule has 72 valence electrons. The standard InChI is InChI=1S/C10H6BrClFN/c1-6(5-14)10(12)9-7(11)3-2-4-8(9)13/h2-4H,1H3/b10-6-. The average Bonchev–Trinajstić information content (AvgIpc) is 2.16. The smallest absolute Gasteiger partial charge is 0.133 e. The first-order valence-corrected chi connectivity index (χ1v) is 4.96. The summed E-state index contributed by atoms with van der Waals surface area (Å²) in [5.74, 6) is -0.445. The first kappa shape index (κ1) is 11.2. The van der Waals surface area contributed by atoms with Crippen molar-refractivity contribution in [3.63, 3.8) is 0 Å². The largest absolute Gasteiger partial charge is 0.206 e. The Labute approximate surface area is 94.9 Å². The molecule has 0 aromatic heterocycles. The number of hydrogen-bond acceptors (Lipinski definition) is 1. The lowest BCUT2D eigenvalue weighted by molar-refractivity contribution is 0.623. The normalized spacial score (nSPS) is 11.9. The van der Waals surface area contributed by atoms with Crippen LogP contribution in [-0.2, 0) is 0 Å². The predicted molar refractivity (Wildman–Crippen MR) is 58.2 cm³/mol. The number of halogens is 3. The molecule has 0 N–H and O–H groups in total. The molecule has 0 spiro atoms. The molecule has 0 aliphatic heterocycles. The van der Waals surface area contributed by atoms with Crippen molar-refractivity contribution < 1.29 is 4.39 Å². The maximum atomic E-state index is 13.3. The summed E-state index contributed by atoms with van der Waals surface area (Å²) < 4.78 is 13.9. The van der Waals surface area contributed by atoms with Crippen LogP contribution in [0.15, 0.2) is 28.2 Å². The van der Waals surface area contributed by atoms with Crippen molar-refractivity contribution in [1.29, 1.82) is 5.26 Å². The Morgan fingerprint density at radius 2 is 2.21 bits per heavy atom. The zero-order chi connectivity index (χ0) is 10.7. The molecule has 0 bridgehead atoms. The van der Waals surface area contributed by atoms with Crippen LogP contribution < -0.4 is 0 Å². The fourth-order valence-corrected chi connectivity index (χ4v) is 1.83. The van der Waals surface area contributed by atoms with Gasteiger partial charge >= 0.3 is 0 Å². The SMILES string of the molecule is C/C(C#N)=C(/Cl)c1c(F)cccc1Br.